The third kappa shape index (κ3) is 5.90. The van der Waals surface area contributed by atoms with Crippen molar-refractivity contribution in [3.63, 3.8) is 0 Å². The van der Waals surface area contributed by atoms with E-state index in [1.54, 1.807) is 23.1 Å². The average molecular weight is 484 g/mol. The van der Waals surface area contributed by atoms with Crippen LogP contribution in [0.25, 0.3) is 0 Å². The van der Waals surface area contributed by atoms with E-state index in [-0.39, 0.29) is 36.0 Å². The van der Waals surface area contributed by atoms with Gasteiger partial charge in [0, 0.05) is 30.8 Å². The zero-order valence-corrected chi connectivity index (χ0v) is 19.9. The minimum Gasteiger partial charge on any atom is -0.454 e. The van der Waals surface area contributed by atoms with E-state index in [2.05, 4.69) is 10.6 Å². The molecule has 0 saturated carbocycles. The van der Waals surface area contributed by atoms with E-state index in [4.69, 9.17) is 9.47 Å². The van der Waals surface area contributed by atoms with E-state index in [1.807, 2.05) is 13.8 Å². The summed E-state index contributed by atoms with van der Waals surface area (Å²) in [4.78, 5) is 40.6. The van der Waals surface area contributed by atoms with Gasteiger partial charge in [-0.3, -0.25) is 14.4 Å². The van der Waals surface area contributed by atoms with E-state index < -0.39 is 17.8 Å². The predicted octanol–water partition coefficient (Wildman–Crippen LogP) is 2.98. The molecule has 0 aromatic heterocycles. The number of benzene rings is 2. The van der Waals surface area contributed by atoms with Crippen molar-refractivity contribution in [1.82, 2.24) is 15.5 Å². The number of hydrogen-bond acceptors (Lipinski definition) is 5. The van der Waals surface area contributed by atoms with Gasteiger partial charge in [0.05, 0.1) is 0 Å². The average Bonchev–Trinajstić information content (AvgIpc) is 3.34. The van der Waals surface area contributed by atoms with E-state index in [0.29, 0.717) is 49.5 Å². The topological polar surface area (TPSA) is 97.0 Å². The van der Waals surface area contributed by atoms with Gasteiger partial charge in [0.1, 0.15) is 11.9 Å². The van der Waals surface area contributed by atoms with Gasteiger partial charge in [0.15, 0.2) is 11.5 Å². The van der Waals surface area contributed by atoms with Gasteiger partial charge in [-0.1, -0.05) is 13.8 Å². The summed E-state index contributed by atoms with van der Waals surface area (Å²) < 4.78 is 23.9. The number of rotatable bonds is 7. The Balaban J connectivity index is 1.42. The van der Waals surface area contributed by atoms with Crippen LogP contribution in [-0.2, 0) is 4.79 Å². The number of halogens is 1. The van der Waals surface area contributed by atoms with Crippen molar-refractivity contribution in [3.05, 3.63) is 59.4 Å². The van der Waals surface area contributed by atoms with Crippen molar-refractivity contribution < 1.29 is 28.2 Å². The zero-order valence-electron chi connectivity index (χ0n) is 19.9. The van der Waals surface area contributed by atoms with Crippen LogP contribution in [0, 0.1) is 17.7 Å². The van der Waals surface area contributed by atoms with E-state index in [0.717, 1.165) is 0 Å². The Bertz CT molecular complexity index is 1080. The molecular weight excluding hydrogens is 453 g/mol. The number of hydrogen-bond donors (Lipinski definition) is 2. The molecule has 2 N–H and O–H groups in total. The molecule has 2 aromatic rings. The van der Waals surface area contributed by atoms with Crippen molar-refractivity contribution in [3.8, 4) is 11.5 Å². The van der Waals surface area contributed by atoms with Crippen LogP contribution in [0.4, 0.5) is 4.39 Å². The number of carbonyl (C=O) groups is 3. The maximum atomic E-state index is 13.3. The second-order valence-corrected chi connectivity index (χ2v) is 9.29. The number of amides is 3. The Morgan fingerprint density at radius 1 is 1.00 bits per heavy atom. The molecular formula is C26H30FN3O5. The summed E-state index contributed by atoms with van der Waals surface area (Å²) in [5, 5.41) is 5.75. The van der Waals surface area contributed by atoms with Gasteiger partial charge >= 0.3 is 0 Å². The molecule has 0 aliphatic carbocycles. The lowest BCUT2D eigenvalue weighted by Crippen LogP contribution is -2.54. The first-order chi connectivity index (χ1) is 16.8. The molecule has 2 aliphatic heterocycles. The fraction of sp³-hybridized carbons (Fsp3) is 0.423. The summed E-state index contributed by atoms with van der Waals surface area (Å²) in [6.07, 6.45) is 1.11. The standard InChI is InChI=1S/C26H30FN3O5/c1-16(2)14-28-25(32)23(29-24(31)18-3-6-20(27)7-4-18)17-9-11-30(12-10-17)26(33)19-5-8-21-22(13-19)35-15-34-21/h3-8,13,16-17,23H,9-12,14-15H2,1-2H3,(H,28,32)(H,29,31). The fourth-order valence-electron chi connectivity index (χ4n) is 4.29. The first-order valence-corrected chi connectivity index (χ1v) is 11.8. The summed E-state index contributed by atoms with van der Waals surface area (Å²) in [6, 6.07) is 9.57. The molecule has 0 bridgehead atoms. The summed E-state index contributed by atoms with van der Waals surface area (Å²) in [7, 11) is 0. The third-order valence-electron chi connectivity index (χ3n) is 6.28. The summed E-state index contributed by atoms with van der Waals surface area (Å²) in [5.74, 6) is 0.0397. The molecule has 1 atom stereocenters. The molecule has 8 nitrogen and oxygen atoms in total. The lowest BCUT2D eigenvalue weighted by Gasteiger charge is -2.36. The van der Waals surface area contributed by atoms with Gasteiger partial charge < -0.3 is 25.0 Å². The van der Waals surface area contributed by atoms with Crippen LogP contribution in [0.3, 0.4) is 0 Å². The van der Waals surface area contributed by atoms with Crippen molar-refractivity contribution in [1.29, 1.82) is 0 Å². The number of nitrogens with one attached hydrogen (secondary N) is 2. The number of ether oxygens (including phenoxy) is 2. The maximum Gasteiger partial charge on any atom is 0.253 e. The van der Waals surface area contributed by atoms with Gasteiger partial charge in [0.25, 0.3) is 11.8 Å². The molecule has 0 spiro atoms. The second kappa shape index (κ2) is 10.8. The molecule has 1 fully saturated rings. The first-order valence-electron chi connectivity index (χ1n) is 11.8. The van der Waals surface area contributed by atoms with Crippen LogP contribution >= 0.6 is 0 Å². The Hall–Kier alpha value is -3.62. The summed E-state index contributed by atoms with van der Waals surface area (Å²) >= 11 is 0. The predicted molar refractivity (Wildman–Crippen MR) is 127 cm³/mol. The van der Waals surface area contributed by atoms with E-state index in [1.165, 1.54) is 24.3 Å². The molecule has 2 heterocycles. The quantitative estimate of drug-likeness (QED) is 0.631. The Kier molecular flexibility index (Phi) is 7.53. The molecule has 3 amide bonds. The van der Waals surface area contributed by atoms with Crippen molar-refractivity contribution >= 4 is 17.7 Å². The SMILES string of the molecule is CC(C)CNC(=O)C(NC(=O)c1ccc(F)cc1)C1CCN(C(=O)c2ccc3c(c2)OCO3)CC1. The van der Waals surface area contributed by atoms with E-state index >= 15 is 0 Å². The van der Waals surface area contributed by atoms with Crippen molar-refractivity contribution in [2.75, 3.05) is 26.4 Å². The molecule has 4 rings (SSSR count). The van der Waals surface area contributed by atoms with Gasteiger partial charge in [-0.2, -0.15) is 0 Å². The van der Waals surface area contributed by atoms with E-state index in [9.17, 15) is 18.8 Å². The van der Waals surface area contributed by atoms with Crippen LogP contribution in [-0.4, -0.2) is 55.1 Å². The maximum absolute atomic E-state index is 13.3. The monoisotopic (exact) mass is 483 g/mol. The minimum absolute atomic E-state index is 0.113. The Morgan fingerprint density at radius 2 is 1.66 bits per heavy atom. The summed E-state index contributed by atoms with van der Waals surface area (Å²) in [6.45, 7) is 5.53. The van der Waals surface area contributed by atoms with Crippen molar-refractivity contribution in [2.45, 2.75) is 32.7 Å². The number of nitrogens with zero attached hydrogens (tertiary/aromatic N) is 1. The Morgan fingerprint density at radius 3 is 2.34 bits per heavy atom. The lowest BCUT2D eigenvalue weighted by atomic mass is 9.88. The highest BCUT2D eigenvalue weighted by Gasteiger charge is 2.34. The van der Waals surface area contributed by atoms with Gasteiger partial charge in [0.2, 0.25) is 12.7 Å². The number of piperidine rings is 1. The smallest absolute Gasteiger partial charge is 0.253 e. The van der Waals surface area contributed by atoms with Crippen LogP contribution in [0.1, 0.15) is 47.4 Å². The van der Waals surface area contributed by atoms with Crippen LogP contribution in [0.5, 0.6) is 11.5 Å². The lowest BCUT2D eigenvalue weighted by molar-refractivity contribution is -0.124. The minimum atomic E-state index is -0.755. The Labute approximate surface area is 203 Å². The van der Waals surface area contributed by atoms with Gasteiger partial charge in [-0.15, -0.1) is 0 Å². The molecule has 186 valence electrons. The molecule has 2 aromatic carbocycles. The normalized spacial score (nSPS) is 16.2. The number of likely N-dealkylation sites (tertiary alicyclic amines) is 1. The van der Waals surface area contributed by atoms with Gasteiger partial charge in [-0.05, 0) is 67.1 Å². The largest absolute Gasteiger partial charge is 0.454 e. The first kappa shape index (κ1) is 24.5. The zero-order chi connectivity index (χ0) is 24.9. The summed E-state index contributed by atoms with van der Waals surface area (Å²) in [5.41, 5.74) is 0.798. The van der Waals surface area contributed by atoms with Crippen molar-refractivity contribution in [2.24, 2.45) is 11.8 Å². The number of carbonyl (C=O) groups excluding carboxylic acids is 3. The highest BCUT2D eigenvalue weighted by atomic mass is 19.1. The third-order valence-corrected chi connectivity index (χ3v) is 6.28. The highest BCUT2D eigenvalue weighted by Crippen LogP contribution is 2.33. The number of fused-ring (bicyclic) bond motifs is 1. The molecule has 1 saturated heterocycles. The van der Waals surface area contributed by atoms with Crippen LogP contribution in [0.2, 0.25) is 0 Å². The van der Waals surface area contributed by atoms with Crippen LogP contribution < -0.4 is 20.1 Å². The van der Waals surface area contributed by atoms with Crippen LogP contribution in [0.15, 0.2) is 42.5 Å². The second-order valence-electron chi connectivity index (χ2n) is 9.29. The molecule has 35 heavy (non-hydrogen) atoms. The van der Waals surface area contributed by atoms with Gasteiger partial charge in [-0.25, -0.2) is 4.39 Å². The molecule has 9 heteroatoms. The molecule has 0 radical (unpaired) electrons. The molecule has 2 aliphatic rings. The molecule has 1 unspecified atom stereocenters. The highest BCUT2D eigenvalue weighted by molar-refractivity contribution is 5.98. The fourth-order valence-corrected chi connectivity index (χ4v) is 4.29.